The molecular weight excluding hydrogens is 386 g/mol. The number of aromatic nitrogens is 2. The molecule has 3 aromatic rings. The van der Waals surface area contributed by atoms with Gasteiger partial charge in [-0.15, -0.1) is 0 Å². The molecule has 1 N–H and O–H groups in total. The van der Waals surface area contributed by atoms with Crippen LogP contribution >= 0.6 is 0 Å². The number of hydrogen-bond donors (Lipinski definition) is 1. The molecule has 0 aliphatic carbocycles. The zero-order valence-electron chi connectivity index (χ0n) is 15.8. The predicted molar refractivity (Wildman–Crippen MR) is 107 cm³/mol. The molecule has 150 valence electrons. The van der Waals surface area contributed by atoms with Gasteiger partial charge in [-0.3, -0.25) is 24.5 Å². The lowest BCUT2D eigenvalue weighted by molar-refractivity contribution is 0.0872. The Labute approximate surface area is 171 Å². The fourth-order valence-electron chi connectivity index (χ4n) is 3.22. The van der Waals surface area contributed by atoms with Gasteiger partial charge < -0.3 is 4.74 Å². The Kier molecular flexibility index (Phi) is 5.21. The van der Waals surface area contributed by atoms with Gasteiger partial charge in [0.25, 0.3) is 17.4 Å². The summed E-state index contributed by atoms with van der Waals surface area (Å²) >= 11 is 0. The van der Waals surface area contributed by atoms with Crippen LogP contribution < -0.4 is 15.6 Å². The molecule has 0 unspecified atom stereocenters. The number of carbonyl (C=O) groups is 3. The summed E-state index contributed by atoms with van der Waals surface area (Å²) in [5, 5.41) is 6.28. The van der Waals surface area contributed by atoms with Gasteiger partial charge in [-0.25, -0.2) is 4.68 Å². The molecule has 2 aromatic carbocycles. The van der Waals surface area contributed by atoms with Gasteiger partial charge in [0.15, 0.2) is 5.78 Å². The first-order chi connectivity index (χ1) is 14.5. The van der Waals surface area contributed by atoms with Gasteiger partial charge in [-0.05, 0) is 11.6 Å². The van der Waals surface area contributed by atoms with E-state index in [1.807, 2.05) is 30.3 Å². The number of carbonyl (C=O) groups excluding carboxylic acids is 3. The molecule has 0 saturated heterocycles. The number of hydrogen-bond acceptors (Lipinski definition) is 6. The fourth-order valence-corrected chi connectivity index (χ4v) is 3.22. The van der Waals surface area contributed by atoms with E-state index in [1.54, 1.807) is 6.07 Å². The van der Waals surface area contributed by atoms with Crippen molar-refractivity contribution in [2.75, 3.05) is 6.61 Å². The van der Waals surface area contributed by atoms with E-state index in [9.17, 15) is 19.2 Å². The zero-order valence-corrected chi connectivity index (χ0v) is 15.8. The molecule has 0 bridgehead atoms. The molecule has 1 aromatic heterocycles. The first kappa shape index (κ1) is 19.3. The van der Waals surface area contributed by atoms with Crippen molar-refractivity contribution in [3.8, 4) is 5.75 Å². The van der Waals surface area contributed by atoms with Crippen molar-refractivity contribution < 1.29 is 19.1 Å². The minimum absolute atomic E-state index is 0.00187. The number of ketones is 1. The lowest BCUT2D eigenvalue weighted by atomic mass is 9.98. The maximum atomic E-state index is 12.5. The third kappa shape index (κ3) is 3.88. The summed E-state index contributed by atoms with van der Waals surface area (Å²) in [4.78, 5) is 48.4. The number of benzene rings is 2. The largest absolute Gasteiger partial charge is 0.491 e. The number of nitrogens with one attached hydrogen (secondary N) is 1. The van der Waals surface area contributed by atoms with Crippen molar-refractivity contribution in [2.45, 2.75) is 13.0 Å². The SMILES string of the molecule is O=C(CCOc1cnn(Cc2ccccc2)c(=O)c1)c1cccc2c1C(=O)NC2=O. The highest BCUT2D eigenvalue weighted by Crippen LogP contribution is 2.21. The van der Waals surface area contributed by atoms with E-state index in [1.165, 1.54) is 29.1 Å². The smallest absolute Gasteiger partial charge is 0.270 e. The number of nitrogens with zero attached hydrogens (tertiary/aromatic N) is 2. The molecule has 0 spiro atoms. The Morgan fingerprint density at radius 2 is 1.80 bits per heavy atom. The number of rotatable bonds is 7. The summed E-state index contributed by atoms with van der Waals surface area (Å²) in [5.41, 5.74) is 1.09. The Morgan fingerprint density at radius 3 is 2.57 bits per heavy atom. The third-order valence-electron chi connectivity index (χ3n) is 4.68. The first-order valence-electron chi connectivity index (χ1n) is 9.29. The number of fused-ring (bicyclic) bond motifs is 1. The summed E-state index contributed by atoms with van der Waals surface area (Å²) in [6, 6.07) is 15.3. The lowest BCUT2D eigenvalue weighted by Crippen LogP contribution is -2.23. The van der Waals surface area contributed by atoms with Crippen LogP contribution in [0.25, 0.3) is 0 Å². The monoisotopic (exact) mass is 403 g/mol. The van der Waals surface area contributed by atoms with E-state index >= 15 is 0 Å². The molecule has 4 rings (SSSR count). The Balaban J connectivity index is 1.39. The van der Waals surface area contributed by atoms with Gasteiger partial charge in [-0.2, -0.15) is 5.10 Å². The van der Waals surface area contributed by atoms with E-state index < -0.39 is 11.8 Å². The van der Waals surface area contributed by atoms with Crippen molar-refractivity contribution in [2.24, 2.45) is 0 Å². The van der Waals surface area contributed by atoms with Gasteiger partial charge in [0.2, 0.25) is 0 Å². The standard InChI is InChI=1S/C22H17N3O5/c26-18(16-7-4-8-17-20(16)22(29)24-21(17)28)9-10-30-15-11-19(27)25(23-12-15)13-14-5-2-1-3-6-14/h1-8,11-12H,9-10,13H2,(H,24,28,29). The molecular formula is C22H17N3O5. The minimum atomic E-state index is -0.578. The van der Waals surface area contributed by atoms with Crippen LogP contribution in [0.5, 0.6) is 5.75 Å². The molecule has 8 nitrogen and oxygen atoms in total. The highest BCUT2D eigenvalue weighted by Gasteiger charge is 2.31. The highest BCUT2D eigenvalue weighted by molar-refractivity contribution is 6.25. The minimum Gasteiger partial charge on any atom is -0.491 e. The maximum absolute atomic E-state index is 12.5. The molecule has 0 atom stereocenters. The van der Waals surface area contributed by atoms with Crippen molar-refractivity contribution in [3.63, 3.8) is 0 Å². The highest BCUT2D eigenvalue weighted by atomic mass is 16.5. The van der Waals surface area contributed by atoms with E-state index in [2.05, 4.69) is 10.4 Å². The topological polar surface area (TPSA) is 107 Å². The summed E-state index contributed by atoms with van der Waals surface area (Å²) in [7, 11) is 0. The zero-order chi connectivity index (χ0) is 21.1. The van der Waals surface area contributed by atoms with E-state index in [0.717, 1.165) is 5.56 Å². The normalized spacial score (nSPS) is 12.4. The fraction of sp³-hybridized carbons (Fsp3) is 0.136. The van der Waals surface area contributed by atoms with Crippen molar-refractivity contribution >= 4 is 17.6 Å². The van der Waals surface area contributed by atoms with E-state index in [0.29, 0.717) is 6.54 Å². The second kappa shape index (κ2) is 8.12. The molecule has 1 aliphatic heterocycles. The number of imide groups is 1. The van der Waals surface area contributed by atoms with E-state index in [-0.39, 0.29) is 46.8 Å². The van der Waals surface area contributed by atoms with Crippen LogP contribution in [-0.2, 0) is 6.54 Å². The predicted octanol–water partition coefficient (Wildman–Crippen LogP) is 1.83. The molecule has 1 aliphatic rings. The van der Waals surface area contributed by atoms with Crippen molar-refractivity contribution in [3.05, 3.63) is 93.4 Å². The van der Waals surface area contributed by atoms with Gasteiger partial charge in [0, 0.05) is 18.1 Å². The van der Waals surface area contributed by atoms with Crippen molar-refractivity contribution in [1.29, 1.82) is 0 Å². The number of ether oxygens (including phenoxy) is 1. The van der Waals surface area contributed by atoms with Gasteiger partial charge in [-0.1, -0.05) is 42.5 Å². The van der Waals surface area contributed by atoms with Crippen LogP contribution in [0.2, 0.25) is 0 Å². The molecule has 30 heavy (non-hydrogen) atoms. The summed E-state index contributed by atoms with van der Waals surface area (Å²) < 4.78 is 6.80. The number of amides is 2. The second-order valence-electron chi connectivity index (χ2n) is 6.71. The van der Waals surface area contributed by atoms with Gasteiger partial charge >= 0.3 is 0 Å². The molecule has 8 heteroatoms. The molecule has 0 saturated carbocycles. The van der Waals surface area contributed by atoms with Gasteiger partial charge in [0.05, 0.1) is 30.5 Å². The van der Waals surface area contributed by atoms with Crippen LogP contribution in [0.3, 0.4) is 0 Å². The second-order valence-corrected chi connectivity index (χ2v) is 6.71. The first-order valence-corrected chi connectivity index (χ1v) is 9.29. The Morgan fingerprint density at radius 1 is 1.00 bits per heavy atom. The summed E-state index contributed by atoms with van der Waals surface area (Å²) in [5.74, 6) is -1.17. The van der Waals surface area contributed by atoms with Gasteiger partial charge in [0.1, 0.15) is 5.75 Å². The van der Waals surface area contributed by atoms with Crippen LogP contribution in [0, 0.1) is 0 Å². The Hall–Kier alpha value is -4.07. The Bertz CT molecular complexity index is 1200. The third-order valence-corrected chi connectivity index (χ3v) is 4.68. The quantitative estimate of drug-likeness (QED) is 0.476. The molecule has 2 amide bonds. The summed E-state index contributed by atoms with van der Waals surface area (Å²) in [6.07, 6.45) is 1.40. The van der Waals surface area contributed by atoms with Crippen LogP contribution in [0.1, 0.15) is 43.1 Å². The maximum Gasteiger partial charge on any atom is 0.270 e. The molecule has 2 heterocycles. The lowest BCUT2D eigenvalue weighted by Gasteiger charge is -2.09. The van der Waals surface area contributed by atoms with Crippen LogP contribution in [0.15, 0.2) is 65.6 Å². The average molecular weight is 403 g/mol. The summed E-state index contributed by atoms with van der Waals surface area (Å²) in [6.45, 7) is 0.347. The average Bonchev–Trinajstić information content (AvgIpc) is 3.04. The molecule has 0 radical (unpaired) electrons. The van der Waals surface area contributed by atoms with Crippen LogP contribution in [-0.4, -0.2) is 34.0 Å². The van der Waals surface area contributed by atoms with Crippen molar-refractivity contribution in [1.82, 2.24) is 15.1 Å². The number of Topliss-reactive ketones (excluding diaryl/α,β-unsaturated/α-hetero) is 1. The van der Waals surface area contributed by atoms with Crippen LogP contribution in [0.4, 0.5) is 0 Å². The molecule has 0 fully saturated rings. The van der Waals surface area contributed by atoms with E-state index in [4.69, 9.17) is 4.74 Å².